The first-order chi connectivity index (χ1) is 4.20. The van der Waals surface area contributed by atoms with E-state index in [4.69, 9.17) is 5.41 Å². The van der Waals surface area contributed by atoms with E-state index in [-0.39, 0.29) is 0 Å². The number of nitrogens with zero attached hydrogens (tertiary/aromatic N) is 1. The van der Waals surface area contributed by atoms with Crippen molar-refractivity contribution in [2.24, 2.45) is 5.92 Å². The molecule has 1 rings (SSSR count). The highest BCUT2D eigenvalue weighted by Gasteiger charge is 2.22. The van der Waals surface area contributed by atoms with Crippen molar-refractivity contribution in [3.8, 4) is 0 Å². The van der Waals surface area contributed by atoms with Crippen LogP contribution in [0.1, 0.15) is 19.3 Å². The van der Waals surface area contributed by atoms with Crippen molar-refractivity contribution in [3.63, 3.8) is 0 Å². The number of hydrogen-bond donors (Lipinski definition) is 1. The summed E-state index contributed by atoms with van der Waals surface area (Å²) in [5.74, 6) is 1.62. The van der Waals surface area contributed by atoms with E-state index in [9.17, 15) is 0 Å². The summed E-state index contributed by atoms with van der Waals surface area (Å²) in [6.07, 6.45) is 3.68. The lowest BCUT2D eigenvalue weighted by atomic mass is 10.2. The van der Waals surface area contributed by atoms with Gasteiger partial charge in [0.1, 0.15) is 0 Å². The van der Waals surface area contributed by atoms with Crippen LogP contribution < -0.4 is 0 Å². The zero-order valence-corrected chi connectivity index (χ0v) is 6.15. The Hall–Kier alpha value is -0.530. The number of amidine groups is 1. The van der Waals surface area contributed by atoms with E-state index in [1.165, 1.54) is 12.8 Å². The molecule has 9 heavy (non-hydrogen) atoms. The summed E-state index contributed by atoms with van der Waals surface area (Å²) in [6, 6.07) is 0. The topological polar surface area (TPSA) is 27.1 Å². The molecule has 2 heteroatoms. The third kappa shape index (κ3) is 2.04. The smallest absolute Gasteiger partial charge is 0.0955 e. The fraction of sp³-hybridized carbons (Fsp3) is 0.857. The summed E-state index contributed by atoms with van der Waals surface area (Å²) in [4.78, 5) is 1.89. The predicted octanol–water partition coefficient (Wildman–Crippen LogP) is 1.33. The molecular weight excluding hydrogens is 112 g/mol. The summed E-state index contributed by atoms with van der Waals surface area (Å²) in [5, 5.41) is 7.44. The molecule has 0 unspecified atom stereocenters. The van der Waals surface area contributed by atoms with Crippen LogP contribution in [0.3, 0.4) is 0 Å². The van der Waals surface area contributed by atoms with Gasteiger partial charge in [-0.1, -0.05) is 0 Å². The van der Waals surface area contributed by atoms with E-state index in [0.29, 0.717) is 0 Å². The molecule has 1 fully saturated rings. The first-order valence-corrected chi connectivity index (χ1v) is 3.45. The third-order valence-electron chi connectivity index (χ3n) is 1.72. The Morgan fingerprint density at radius 3 is 2.44 bits per heavy atom. The van der Waals surface area contributed by atoms with Crippen molar-refractivity contribution >= 4 is 5.84 Å². The lowest BCUT2D eigenvalue weighted by Gasteiger charge is -2.12. The molecule has 0 saturated heterocycles. The molecule has 0 aliphatic heterocycles. The highest BCUT2D eigenvalue weighted by Crippen LogP contribution is 2.32. The summed E-state index contributed by atoms with van der Waals surface area (Å²) >= 11 is 0. The summed E-state index contributed by atoms with van der Waals surface area (Å²) < 4.78 is 0. The molecule has 0 amide bonds. The Morgan fingerprint density at radius 2 is 2.11 bits per heavy atom. The van der Waals surface area contributed by atoms with Crippen LogP contribution >= 0.6 is 0 Å². The van der Waals surface area contributed by atoms with Gasteiger partial charge < -0.3 is 4.90 Å². The van der Waals surface area contributed by atoms with Gasteiger partial charge in [0, 0.05) is 20.5 Å². The molecule has 52 valence electrons. The van der Waals surface area contributed by atoms with Crippen LogP contribution in [0, 0.1) is 11.3 Å². The minimum Gasteiger partial charge on any atom is -0.367 e. The van der Waals surface area contributed by atoms with E-state index in [2.05, 4.69) is 0 Å². The second-order valence-electron chi connectivity index (χ2n) is 2.99. The average Bonchev–Trinajstić information content (AvgIpc) is 2.50. The van der Waals surface area contributed by atoms with Crippen molar-refractivity contribution in [1.82, 2.24) is 4.90 Å². The van der Waals surface area contributed by atoms with E-state index in [1.54, 1.807) is 0 Å². The highest BCUT2D eigenvalue weighted by molar-refractivity contribution is 5.78. The molecule has 2 nitrogen and oxygen atoms in total. The van der Waals surface area contributed by atoms with Gasteiger partial charge in [-0.3, -0.25) is 5.41 Å². The van der Waals surface area contributed by atoms with E-state index in [0.717, 1.165) is 18.2 Å². The van der Waals surface area contributed by atoms with Crippen molar-refractivity contribution in [3.05, 3.63) is 0 Å². The Morgan fingerprint density at radius 1 is 1.56 bits per heavy atom. The highest BCUT2D eigenvalue weighted by atomic mass is 15.1. The van der Waals surface area contributed by atoms with Crippen molar-refractivity contribution < 1.29 is 0 Å². The Kier molecular flexibility index (Phi) is 1.74. The van der Waals surface area contributed by atoms with Crippen LogP contribution in [0.2, 0.25) is 0 Å². The molecule has 0 aromatic heterocycles. The van der Waals surface area contributed by atoms with Gasteiger partial charge in [-0.2, -0.15) is 0 Å². The molecule has 1 saturated carbocycles. The maximum atomic E-state index is 7.44. The summed E-state index contributed by atoms with van der Waals surface area (Å²) in [6.45, 7) is 0. The van der Waals surface area contributed by atoms with Crippen molar-refractivity contribution in [2.45, 2.75) is 19.3 Å². The lowest BCUT2D eigenvalue weighted by Crippen LogP contribution is -2.20. The normalized spacial score (nSPS) is 17.6. The van der Waals surface area contributed by atoms with Gasteiger partial charge in [0.25, 0.3) is 0 Å². The molecule has 0 aromatic carbocycles. The lowest BCUT2D eigenvalue weighted by molar-refractivity contribution is 0.588. The molecule has 1 aliphatic rings. The van der Waals surface area contributed by atoms with Gasteiger partial charge in [0.15, 0.2) is 0 Å². The Labute approximate surface area is 56.4 Å². The summed E-state index contributed by atoms with van der Waals surface area (Å²) in [5.41, 5.74) is 0. The van der Waals surface area contributed by atoms with Gasteiger partial charge in [-0.05, 0) is 18.8 Å². The zero-order valence-electron chi connectivity index (χ0n) is 6.15. The number of hydrogen-bond acceptors (Lipinski definition) is 1. The van der Waals surface area contributed by atoms with Gasteiger partial charge in [-0.25, -0.2) is 0 Å². The quantitative estimate of drug-likeness (QED) is 0.438. The minimum absolute atomic E-state index is 0.775. The van der Waals surface area contributed by atoms with Gasteiger partial charge in [-0.15, -0.1) is 0 Å². The van der Waals surface area contributed by atoms with Gasteiger partial charge in [0.05, 0.1) is 5.84 Å². The second kappa shape index (κ2) is 2.38. The fourth-order valence-corrected chi connectivity index (χ4v) is 0.778. The van der Waals surface area contributed by atoms with Crippen LogP contribution in [0.25, 0.3) is 0 Å². The minimum atomic E-state index is 0.775. The maximum Gasteiger partial charge on any atom is 0.0955 e. The average molecular weight is 126 g/mol. The van der Waals surface area contributed by atoms with Crippen LogP contribution in [-0.2, 0) is 0 Å². The molecule has 0 radical (unpaired) electrons. The Balaban J connectivity index is 2.17. The van der Waals surface area contributed by atoms with E-state index in [1.807, 2.05) is 19.0 Å². The molecule has 1 aliphatic carbocycles. The second-order valence-corrected chi connectivity index (χ2v) is 2.99. The van der Waals surface area contributed by atoms with Crippen molar-refractivity contribution in [1.29, 1.82) is 5.41 Å². The SMILES string of the molecule is CN(C)C(=N)CC1CC1. The van der Waals surface area contributed by atoms with Crippen LogP contribution in [-0.4, -0.2) is 24.8 Å². The molecule has 0 spiro atoms. The van der Waals surface area contributed by atoms with Crippen LogP contribution in [0.15, 0.2) is 0 Å². The molecular formula is C7H14N2. The third-order valence-corrected chi connectivity index (χ3v) is 1.72. The monoisotopic (exact) mass is 126 g/mol. The van der Waals surface area contributed by atoms with E-state index >= 15 is 0 Å². The number of nitrogens with one attached hydrogen (secondary N) is 1. The molecule has 1 N–H and O–H groups in total. The standard InChI is InChI=1S/C7H14N2/c1-9(2)7(8)5-6-3-4-6/h6,8H,3-5H2,1-2H3. The van der Waals surface area contributed by atoms with Crippen molar-refractivity contribution in [2.75, 3.05) is 14.1 Å². The molecule has 0 aromatic rings. The predicted molar refractivity (Wildman–Crippen MR) is 38.8 cm³/mol. The zero-order chi connectivity index (χ0) is 6.85. The summed E-state index contributed by atoms with van der Waals surface area (Å²) in [7, 11) is 3.87. The fourth-order valence-electron chi connectivity index (χ4n) is 0.778. The number of rotatable bonds is 2. The first-order valence-electron chi connectivity index (χ1n) is 3.45. The van der Waals surface area contributed by atoms with E-state index < -0.39 is 0 Å². The Bertz CT molecular complexity index is 114. The van der Waals surface area contributed by atoms with Crippen LogP contribution in [0.5, 0.6) is 0 Å². The molecule has 0 bridgehead atoms. The van der Waals surface area contributed by atoms with Crippen LogP contribution in [0.4, 0.5) is 0 Å². The van der Waals surface area contributed by atoms with Gasteiger partial charge >= 0.3 is 0 Å². The first kappa shape index (κ1) is 6.59. The maximum absolute atomic E-state index is 7.44. The molecule has 0 heterocycles. The van der Waals surface area contributed by atoms with Gasteiger partial charge in [0.2, 0.25) is 0 Å². The largest absolute Gasteiger partial charge is 0.367 e. The molecule has 0 atom stereocenters.